The lowest BCUT2D eigenvalue weighted by Crippen LogP contribution is -2.23. The third kappa shape index (κ3) is 2.01. The highest BCUT2D eigenvalue weighted by atomic mass is 17.1. The zero-order valence-corrected chi connectivity index (χ0v) is 6.89. The Bertz CT molecular complexity index is 289. The van der Waals surface area contributed by atoms with Gasteiger partial charge in [0.1, 0.15) is 0 Å². The minimum absolute atomic E-state index is 0.182. The van der Waals surface area contributed by atoms with Gasteiger partial charge in [0, 0.05) is 0 Å². The number of ketones is 1. The normalized spacial score (nSPS) is 21.2. The lowest BCUT2D eigenvalue weighted by atomic mass is 10.0. The minimum Gasteiger partial charge on any atom is -0.465 e. The summed E-state index contributed by atoms with van der Waals surface area (Å²) in [4.78, 5) is 25.7. The summed E-state index contributed by atoms with van der Waals surface area (Å²) in [5.74, 6) is -0.999. The summed E-state index contributed by atoms with van der Waals surface area (Å²) in [7, 11) is 1.22. The molecule has 5 nitrogen and oxygen atoms in total. The van der Waals surface area contributed by atoms with Crippen molar-refractivity contribution in [3.05, 3.63) is 23.8 Å². The van der Waals surface area contributed by atoms with E-state index in [1.165, 1.54) is 19.3 Å². The average Bonchev–Trinajstić information content (AvgIpc) is 2.17. The van der Waals surface area contributed by atoms with Gasteiger partial charge in [-0.1, -0.05) is 0 Å². The highest BCUT2D eigenvalue weighted by molar-refractivity contribution is 6.02. The summed E-state index contributed by atoms with van der Waals surface area (Å²) in [6.07, 6.45) is 2.53. The molecule has 0 aromatic heterocycles. The van der Waals surface area contributed by atoms with Crippen molar-refractivity contribution in [2.45, 2.75) is 6.10 Å². The quantitative estimate of drug-likeness (QED) is 0.374. The van der Waals surface area contributed by atoms with Crippen LogP contribution in [-0.2, 0) is 19.2 Å². The molecule has 1 atom stereocenters. The zero-order chi connectivity index (χ0) is 9.84. The molecule has 0 fully saturated rings. The molecule has 0 bridgehead atoms. The van der Waals surface area contributed by atoms with E-state index in [1.807, 2.05) is 0 Å². The van der Waals surface area contributed by atoms with Crippen LogP contribution in [0.5, 0.6) is 0 Å². The van der Waals surface area contributed by atoms with Gasteiger partial charge in [0.15, 0.2) is 11.9 Å². The zero-order valence-electron chi connectivity index (χ0n) is 6.89. The molecule has 0 saturated heterocycles. The van der Waals surface area contributed by atoms with Gasteiger partial charge in [0.05, 0.1) is 12.7 Å². The highest BCUT2D eigenvalue weighted by Gasteiger charge is 2.21. The monoisotopic (exact) mass is 184 g/mol. The van der Waals surface area contributed by atoms with Crippen molar-refractivity contribution in [1.82, 2.24) is 0 Å². The molecule has 0 saturated carbocycles. The van der Waals surface area contributed by atoms with Crippen LogP contribution in [0.25, 0.3) is 0 Å². The van der Waals surface area contributed by atoms with E-state index in [1.54, 1.807) is 0 Å². The predicted octanol–water partition coefficient (Wildman–Crippen LogP) is 0.0829. The number of methoxy groups -OCH3 is 1. The van der Waals surface area contributed by atoms with Crippen LogP contribution >= 0.6 is 0 Å². The van der Waals surface area contributed by atoms with Crippen molar-refractivity contribution in [2.75, 3.05) is 7.11 Å². The van der Waals surface area contributed by atoms with Crippen LogP contribution in [-0.4, -0.2) is 30.2 Å². The molecule has 1 aliphatic rings. The summed E-state index contributed by atoms with van der Waals surface area (Å²) in [6.45, 7) is 0. The van der Waals surface area contributed by atoms with Crippen molar-refractivity contribution in [3.63, 3.8) is 0 Å². The molecule has 5 heteroatoms. The Morgan fingerprint density at radius 1 is 1.54 bits per heavy atom. The van der Waals surface area contributed by atoms with Crippen LogP contribution in [0.3, 0.4) is 0 Å². The SMILES string of the molecule is COC(=O)C1=CC(OO)C(=O)C=C1. The fourth-order valence-corrected chi connectivity index (χ4v) is 0.904. The van der Waals surface area contributed by atoms with Crippen LogP contribution in [0.4, 0.5) is 0 Å². The maximum Gasteiger partial charge on any atom is 0.337 e. The van der Waals surface area contributed by atoms with E-state index in [2.05, 4.69) is 9.62 Å². The van der Waals surface area contributed by atoms with E-state index >= 15 is 0 Å². The molecule has 1 aliphatic carbocycles. The maximum absolute atomic E-state index is 10.9. The van der Waals surface area contributed by atoms with Crippen molar-refractivity contribution in [3.8, 4) is 0 Å². The largest absolute Gasteiger partial charge is 0.465 e. The first kappa shape index (κ1) is 9.63. The van der Waals surface area contributed by atoms with Crippen molar-refractivity contribution in [1.29, 1.82) is 0 Å². The van der Waals surface area contributed by atoms with Gasteiger partial charge in [-0.25, -0.2) is 9.68 Å². The maximum atomic E-state index is 10.9. The molecule has 1 unspecified atom stereocenters. The Kier molecular flexibility index (Phi) is 2.94. The van der Waals surface area contributed by atoms with Gasteiger partial charge in [0.25, 0.3) is 0 Å². The van der Waals surface area contributed by atoms with Crippen molar-refractivity contribution < 1.29 is 24.5 Å². The topological polar surface area (TPSA) is 72.8 Å². The summed E-state index contributed by atoms with van der Waals surface area (Å²) in [5, 5.41) is 8.28. The molecule has 13 heavy (non-hydrogen) atoms. The van der Waals surface area contributed by atoms with E-state index in [0.29, 0.717) is 0 Å². The molecule has 1 N–H and O–H groups in total. The van der Waals surface area contributed by atoms with Crippen molar-refractivity contribution in [2.24, 2.45) is 0 Å². The van der Waals surface area contributed by atoms with Gasteiger partial charge in [-0.15, -0.1) is 0 Å². The van der Waals surface area contributed by atoms with Crippen LogP contribution in [0, 0.1) is 0 Å². The Labute approximate surface area is 74.2 Å². The molecular formula is C8H8O5. The first-order valence-electron chi connectivity index (χ1n) is 3.51. The number of rotatable bonds is 2. The molecule has 0 aliphatic heterocycles. The van der Waals surface area contributed by atoms with Gasteiger partial charge in [-0.2, -0.15) is 0 Å². The molecule has 0 heterocycles. The molecule has 0 aromatic rings. The third-order valence-electron chi connectivity index (χ3n) is 1.57. The number of ether oxygens (including phenoxy) is 1. The standard InChI is InChI=1S/C8H8O5/c1-12-8(10)5-2-3-6(9)7(4-5)13-11/h2-4,7,11H,1H3. The second-order valence-corrected chi connectivity index (χ2v) is 2.38. The van der Waals surface area contributed by atoms with E-state index < -0.39 is 17.9 Å². The molecule has 0 spiro atoms. The van der Waals surface area contributed by atoms with Crippen LogP contribution in [0.2, 0.25) is 0 Å². The number of esters is 1. The molecule has 0 aromatic carbocycles. The Morgan fingerprint density at radius 2 is 2.23 bits per heavy atom. The smallest absolute Gasteiger partial charge is 0.337 e. The average molecular weight is 184 g/mol. The third-order valence-corrected chi connectivity index (χ3v) is 1.57. The van der Waals surface area contributed by atoms with Crippen LogP contribution < -0.4 is 0 Å². The van der Waals surface area contributed by atoms with Gasteiger partial charge in [0.2, 0.25) is 0 Å². The van der Waals surface area contributed by atoms with E-state index in [4.69, 9.17) is 5.26 Å². The predicted molar refractivity (Wildman–Crippen MR) is 41.7 cm³/mol. The highest BCUT2D eigenvalue weighted by Crippen LogP contribution is 2.11. The molecule has 70 valence electrons. The van der Waals surface area contributed by atoms with Gasteiger partial charge in [-0.3, -0.25) is 10.1 Å². The molecular weight excluding hydrogens is 176 g/mol. The van der Waals surface area contributed by atoms with Gasteiger partial charge in [-0.05, 0) is 18.2 Å². The minimum atomic E-state index is -1.11. The van der Waals surface area contributed by atoms with Crippen LogP contribution in [0.1, 0.15) is 0 Å². The van der Waals surface area contributed by atoms with E-state index in [0.717, 1.165) is 6.08 Å². The number of hydrogen-bond acceptors (Lipinski definition) is 5. The number of carbonyl (C=O) groups excluding carboxylic acids is 2. The Balaban J connectivity index is 2.84. The Morgan fingerprint density at radius 3 is 2.77 bits per heavy atom. The van der Waals surface area contributed by atoms with Gasteiger partial charge >= 0.3 is 5.97 Å². The summed E-state index contributed by atoms with van der Waals surface area (Å²) in [6, 6.07) is 0. The van der Waals surface area contributed by atoms with Gasteiger partial charge < -0.3 is 4.74 Å². The lowest BCUT2D eigenvalue weighted by Gasteiger charge is -2.10. The fraction of sp³-hybridized carbons (Fsp3) is 0.250. The second-order valence-electron chi connectivity index (χ2n) is 2.38. The summed E-state index contributed by atoms with van der Waals surface area (Å²) < 4.78 is 4.41. The van der Waals surface area contributed by atoms with E-state index in [-0.39, 0.29) is 5.57 Å². The number of hydrogen-bond donors (Lipinski definition) is 1. The van der Waals surface area contributed by atoms with Crippen molar-refractivity contribution >= 4 is 11.8 Å². The molecule has 0 radical (unpaired) electrons. The summed E-state index contributed by atoms with van der Waals surface area (Å²) >= 11 is 0. The molecule has 1 rings (SSSR count). The fourth-order valence-electron chi connectivity index (χ4n) is 0.904. The lowest BCUT2D eigenvalue weighted by molar-refractivity contribution is -0.258. The van der Waals surface area contributed by atoms with Crippen LogP contribution in [0.15, 0.2) is 23.8 Å². The second kappa shape index (κ2) is 3.97. The first-order valence-corrected chi connectivity index (χ1v) is 3.51. The van der Waals surface area contributed by atoms with E-state index in [9.17, 15) is 9.59 Å². The summed E-state index contributed by atoms with van der Waals surface area (Å²) in [5.41, 5.74) is 0.182. The first-order chi connectivity index (χ1) is 6.19. The molecule has 0 amide bonds. The number of carbonyl (C=O) groups is 2. The Hall–Kier alpha value is -1.46.